The fourth-order valence-electron chi connectivity index (χ4n) is 1.93. The summed E-state index contributed by atoms with van der Waals surface area (Å²) >= 11 is 6.16. The van der Waals surface area contributed by atoms with Gasteiger partial charge in [0.2, 0.25) is 0 Å². The first-order chi connectivity index (χ1) is 10.1. The van der Waals surface area contributed by atoms with E-state index in [2.05, 4.69) is 0 Å². The van der Waals surface area contributed by atoms with Crippen molar-refractivity contribution in [2.75, 3.05) is 21.3 Å². The van der Waals surface area contributed by atoms with Crippen LogP contribution in [-0.4, -0.2) is 27.1 Å². The van der Waals surface area contributed by atoms with Gasteiger partial charge in [0.1, 0.15) is 5.75 Å². The summed E-state index contributed by atoms with van der Waals surface area (Å²) in [4.78, 5) is 12.5. The third-order valence-electron chi connectivity index (χ3n) is 3.07. The molecule has 0 heterocycles. The minimum atomic E-state index is -0.191. The van der Waals surface area contributed by atoms with Crippen LogP contribution in [0.15, 0.2) is 36.4 Å². The number of rotatable bonds is 5. The second-order valence-corrected chi connectivity index (χ2v) is 4.65. The molecular weight excluding hydrogens is 292 g/mol. The van der Waals surface area contributed by atoms with Crippen LogP contribution in [0.2, 0.25) is 5.02 Å². The summed E-state index contributed by atoms with van der Waals surface area (Å²) in [7, 11) is 4.59. The van der Waals surface area contributed by atoms with Crippen molar-refractivity contribution in [1.82, 2.24) is 0 Å². The van der Waals surface area contributed by atoms with Crippen LogP contribution >= 0.6 is 11.6 Å². The predicted octanol–water partition coefficient (Wildman–Crippen LogP) is 3.60. The average molecular weight is 307 g/mol. The van der Waals surface area contributed by atoms with Gasteiger partial charge in [0, 0.05) is 17.2 Å². The summed E-state index contributed by atoms with van der Waals surface area (Å²) in [6.07, 6.45) is 0. The van der Waals surface area contributed by atoms with Crippen molar-refractivity contribution in [3.8, 4) is 17.2 Å². The summed E-state index contributed by atoms with van der Waals surface area (Å²) in [5.74, 6) is 1.43. The molecule has 0 aliphatic carbocycles. The molecule has 0 aliphatic heterocycles. The number of ketones is 1. The molecule has 5 heteroatoms. The Hall–Kier alpha value is -2.20. The SMILES string of the molecule is COc1ccc(C(=O)c2cc(OC)c(OC)cc2Cl)cc1. The zero-order chi connectivity index (χ0) is 15.4. The molecule has 2 rings (SSSR count). The highest BCUT2D eigenvalue weighted by molar-refractivity contribution is 6.35. The molecule has 0 N–H and O–H groups in total. The Kier molecular flexibility index (Phi) is 4.70. The van der Waals surface area contributed by atoms with E-state index in [0.29, 0.717) is 33.4 Å². The van der Waals surface area contributed by atoms with E-state index in [0.717, 1.165) is 0 Å². The molecular formula is C16H15ClO4. The van der Waals surface area contributed by atoms with Gasteiger partial charge in [-0.3, -0.25) is 4.79 Å². The van der Waals surface area contributed by atoms with Crippen molar-refractivity contribution in [2.24, 2.45) is 0 Å². The highest BCUT2D eigenvalue weighted by atomic mass is 35.5. The maximum Gasteiger partial charge on any atom is 0.194 e. The molecule has 0 amide bonds. The second-order valence-electron chi connectivity index (χ2n) is 4.24. The molecule has 0 spiro atoms. The Bertz CT molecular complexity index is 650. The highest BCUT2D eigenvalue weighted by Gasteiger charge is 2.17. The van der Waals surface area contributed by atoms with Gasteiger partial charge in [0.25, 0.3) is 0 Å². The van der Waals surface area contributed by atoms with E-state index in [1.165, 1.54) is 14.2 Å². The van der Waals surface area contributed by atoms with Gasteiger partial charge in [-0.2, -0.15) is 0 Å². The van der Waals surface area contributed by atoms with E-state index in [9.17, 15) is 4.79 Å². The number of benzene rings is 2. The topological polar surface area (TPSA) is 44.8 Å². The van der Waals surface area contributed by atoms with E-state index in [-0.39, 0.29) is 5.78 Å². The Morgan fingerprint density at radius 3 is 2.00 bits per heavy atom. The molecule has 2 aromatic rings. The molecule has 0 fully saturated rings. The molecule has 21 heavy (non-hydrogen) atoms. The van der Waals surface area contributed by atoms with Crippen LogP contribution in [0.1, 0.15) is 15.9 Å². The molecule has 0 radical (unpaired) electrons. The second kappa shape index (κ2) is 6.50. The van der Waals surface area contributed by atoms with Gasteiger partial charge in [-0.05, 0) is 30.3 Å². The summed E-state index contributed by atoms with van der Waals surface area (Å²) in [5, 5.41) is 0.313. The molecule has 0 unspecified atom stereocenters. The van der Waals surface area contributed by atoms with E-state index < -0.39 is 0 Å². The Morgan fingerprint density at radius 1 is 0.905 bits per heavy atom. The van der Waals surface area contributed by atoms with Gasteiger partial charge < -0.3 is 14.2 Å². The lowest BCUT2D eigenvalue weighted by atomic mass is 10.0. The molecule has 0 bridgehead atoms. The molecule has 0 aliphatic rings. The number of halogens is 1. The molecule has 0 saturated carbocycles. The van der Waals surface area contributed by atoms with E-state index in [4.69, 9.17) is 25.8 Å². The van der Waals surface area contributed by atoms with Gasteiger partial charge in [0.05, 0.1) is 26.4 Å². The van der Waals surface area contributed by atoms with Gasteiger partial charge >= 0.3 is 0 Å². The fraction of sp³-hybridized carbons (Fsp3) is 0.188. The van der Waals surface area contributed by atoms with E-state index in [1.807, 2.05) is 0 Å². The minimum absolute atomic E-state index is 0.191. The van der Waals surface area contributed by atoms with Crippen LogP contribution in [0.25, 0.3) is 0 Å². The van der Waals surface area contributed by atoms with Gasteiger partial charge in [-0.25, -0.2) is 0 Å². The molecule has 2 aromatic carbocycles. The van der Waals surface area contributed by atoms with Crippen molar-refractivity contribution in [1.29, 1.82) is 0 Å². The number of methoxy groups -OCH3 is 3. The highest BCUT2D eigenvalue weighted by Crippen LogP contribution is 2.34. The summed E-state index contributed by atoms with van der Waals surface area (Å²) < 4.78 is 15.4. The third kappa shape index (κ3) is 3.11. The monoisotopic (exact) mass is 306 g/mol. The van der Waals surface area contributed by atoms with E-state index >= 15 is 0 Å². The van der Waals surface area contributed by atoms with Crippen molar-refractivity contribution >= 4 is 17.4 Å². The normalized spacial score (nSPS) is 10.1. The molecule has 0 atom stereocenters. The summed E-state index contributed by atoms with van der Waals surface area (Å²) in [6, 6.07) is 9.97. The van der Waals surface area contributed by atoms with Crippen molar-refractivity contribution in [3.05, 3.63) is 52.5 Å². The third-order valence-corrected chi connectivity index (χ3v) is 3.38. The first-order valence-electron chi connectivity index (χ1n) is 6.21. The minimum Gasteiger partial charge on any atom is -0.497 e. The fourth-order valence-corrected chi connectivity index (χ4v) is 2.17. The van der Waals surface area contributed by atoms with Crippen LogP contribution in [0, 0.1) is 0 Å². The smallest absolute Gasteiger partial charge is 0.194 e. The van der Waals surface area contributed by atoms with Gasteiger partial charge in [-0.15, -0.1) is 0 Å². The quantitative estimate of drug-likeness (QED) is 0.792. The first kappa shape index (κ1) is 15.2. The molecule has 110 valence electrons. The first-order valence-corrected chi connectivity index (χ1v) is 6.58. The predicted molar refractivity (Wildman–Crippen MR) is 81.0 cm³/mol. The standard InChI is InChI=1S/C16H15ClO4/c1-19-11-6-4-10(5-7-11)16(18)12-8-14(20-2)15(21-3)9-13(12)17/h4-9H,1-3H3. The van der Waals surface area contributed by atoms with Crippen LogP contribution in [-0.2, 0) is 0 Å². The van der Waals surface area contributed by atoms with Crippen molar-refractivity contribution < 1.29 is 19.0 Å². The number of hydrogen-bond acceptors (Lipinski definition) is 4. The van der Waals surface area contributed by atoms with Crippen LogP contribution in [0.4, 0.5) is 0 Å². The molecule has 4 nitrogen and oxygen atoms in total. The summed E-state index contributed by atoms with van der Waals surface area (Å²) in [6.45, 7) is 0. The summed E-state index contributed by atoms with van der Waals surface area (Å²) in [5.41, 5.74) is 0.879. The maximum absolute atomic E-state index is 12.5. The van der Waals surface area contributed by atoms with Crippen molar-refractivity contribution in [3.63, 3.8) is 0 Å². The van der Waals surface area contributed by atoms with Crippen LogP contribution < -0.4 is 14.2 Å². The Morgan fingerprint density at radius 2 is 1.48 bits per heavy atom. The zero-order valence-corrected chi connectivity index (χ0v) is 12.7. The lowest BCUT2D eigenvalue weighted by Crippen LogP contribution is -2.03. The average Bonchev–Trinajstić information content (AvgIpc) is 2.54. The van der Waals surface area contributed by atoms with Crippen LogP contribution in [0.5, 0.6) is 17.2 Å². The van der Waals surface area contributed by atoms with Crippen LogP contribution in [0.3, 0.4) is 0 Å². The molecule has 0 saturated heterocycles. The van der Waals surface area contributed by atoms with Gasteiger partial charge in [0.15, 0.2) is 17.3 Å². The van der Waals surface area contributed by atoms with Gasteiger partial charge in [-0.1, -0.05) is 11.6 Å². The lowest BCUT2D eigenvalue weighted by molar-refractivity contribution is 0.103. The Labute approximate surface area is 128 Å². The number of hydrogen-bond donors (Lipinski definition) is 0. The largest absolute Gasteiger partial charge is 0.497 e. The van der Waals surface area contributed by atoms with E-state index in [1.54, 1.807) is 43.5 Å². The van der Waals surface area contributed by atoms with Crippen molar-refractivity contribution in [2.45, 2.75) is 0 Å². The number of ether oxygens (including phenoxy) is 3. The maximum atomic E-state index is 12.5. The lowest BCUT2D eigenvalue weighted by Gasteiger charge is -2.11. The number of carbonyl (C=O) groups excluding carboxylic acids is 1. The molecule has 0 aromatic heterocycles. The zero-order valence-electron chi connectivity index (χ0n) is 12.0. The number of carbonyl (C=O) groups is 1. The Balaban J connectivity index is 2.42.